The molecule has 1 unspecified atom stereocenters. The summed E-state index contributed by atoms with van der Waals surface area (Å²) in [5.41, 5.74) is 0.545. The van der Waals surface area contributed by atoms with Crippen molar-refractivity contribution in [2.75, 3.05) is 46.0 Å². The van der Waals surface area contributed by atoms with Gasteiger partial charge in [0.05, 0.1) is 19.3 Å². The first-order valence-electron chi connectivity index (χ1n) is 10.8. The molecule has 1 aromatic carbocycles. The number of nitrogens with zero attached hydrogens (tertiary/aromatic N) is 4. The van der Waals surface area contributed by atoms with E-state index >= 15 is 0 Å². The molecule has 0 radical (unpaired) electrons. The summed E-state index contributed by atoms with van der Waals surface area (Å²) in [6.07, 6.45) is -3.98. The minimum atomic E-state index is -4.74. The molecular weight excluding hydrogens is 459 g/mol. The van der Waals surface area contributed by atoms with Crippen molar-refractivity contribution in [3.05, 3.63) is 35.7 Å². The van der Waals surface area contributed by atoms with E-state index in [4.69, 9.17) is 4.74 Å². The number of benzene rings is 1. The molecule has 3 amide bonds. The highest BCUT2D eigenvalue weighted by Gasteiger charge is 2.38. The Labute approximate surface area is 192 Å². The number of hydrogen-bond acceptors (Lipinski definition) is 7. The molecule has 0 spiro atoms. The molecule has 4 rings (SSSR count). The number of aromatic nitrogens is 2. The SMILES string of the molecule is O=C(NC[C@H]1COCCN1C(=O)N1CCC(CO)C1)c1ccc(-c2noc(C(F)(F)F)n2)cc1. The Morgan fingerprint density at radius 2 is 1.97 bits per heavy atom. The Bertz CT molecular complexity index is 1010. The van der Waals surface area contributed by atoms with Crippen LogP contribution in [0.1, 0.15) is 22.7 Å². The van der Waals surface area contributed by atoms with E-state index < -0.39 is 18.0 Å². The summed E-state index contributed by atoms with van der Waals surface area (Å²) in [4.78, 5) is 32.2. The van der Waals surface area contributed by atoms with Crippen molar-refractivity contribution < 1.29 is 37.1 Å². The van der Waals surface area contributed by atoms with Gasteiger partial charge in [-0.15, -0.1) is 0 Å². The van der Waals surface area contributed by atoms with Gasteiger partial charge >= 0.3 is 18.1 Å². The second kappa shape index (κ2) is 9.97. The van der Waals surface area contributed by atoms with Crippen molar-refractivity contribution in [1.82, 2.24) is 25.3 Å². The summed E-state index contributed by atoms with van der Waals surface area (Å²) in [5.74, 6) is -2.01. The minimum absolute atomic E-state index is 0.0430. The van der Waals surface area contributed by atoms with Gasteiger partial charge in [0.25, 0.3) is 5.91 Å². The summed E-state index contributed by atoms with van der Waals surface area (Å²) in [7, 11) is 0. The zero-order valence-electron chi connectivity index (χ0n) is 18.1. The first-order valence-corrected chi connectivity index (χ1v) is 10.8. The molecule has 184 valence electrons. The number of aliphatic hydroxyl groups excluding tert-OH is 1. The Morgan fingerprint density at radius 1 is 1.21 bits per heavy atom. The van der Waals surface area contributed by atoms with Gasteiger partial charge in [0.1, 0.15) is 0 Å². The predicted octanol–water partition coefficient (Wildman–Crippen LogP) is 1.62. The number of carbonyl (C=O) groups excluding carboxylic acids is 2. The van der Waals surface area contributed by atoms with Gasteiger partial charge in [0.15, 0.2) is 0 Å². The lowest BCUT2D eigenvalue weighted by molar-refractivity contribution is -0.159. The van der Waals surface area contributed by atoms with Gasteiger partial charge in [0, 0.05) is 49.8 Å². The van der Waals surface area contributed by atoms with Gasteiger partial charge in [0.2, 0.25) is 5.82 Å². The number of nitrogens with one attached hydrogen (secondary N) is 1. The fraction of sp³-hybridized carbons (Fsp3) is 0.524. The smallest absolute Gasteiger partial charge is 0.396 e. The van der Waals surface area contributed by atoms with Gasteiger partial charge in [-0.2, -0.15) is 18.2 Å². The van der Waals surface area contributed by atoms with E-state index in [0.717, 1.165) is 6.42 Å². The highest BCUT2D eigenvalue weighted by atomic mass is 19.4. The van der Waals surface area contributed by atoms with E-state index in [0.29, 0.717) is 26.2 Å². The normalized spacial score (nSPS) is 21.1. The number of hydrogen-bond donors (Lipinski definition) is 2. The molecule has 34 heavy (non-hydrogen) atoms. The zero-order chi connectivity index (χ0) is 24.3. The Kier molecular flexibility index (Phi) is 7.03. The van der Waals surface area contributed by atoms with Crippen LogP contribution in [-0.2, 0) is 10.9 Å². The molecule has 0 aliphatic carbocycles. The summed E-state index contributed by atoms with van der Waals surface area (Å²) in [6, 6.07) is 5.23. The van der Waals surface area contributed by atoms with E-state index in [2.05, 4.69) is 20.0 Å². The second-order valence-corrected chi connectivity index (χ2v) is 8.20. The van der Waals surface area contributed by atoms with Crippen LogP contribution >= 0.6 is 0 Å². The number of ether oxygens (including phenoxy) is 1. The van der Waals surface area contributed by atoms with E-state index in [1.54, 1.807) is 9.80 Å². The standard InChI is InChI=1S/C21H24F3N5O5/c22-21(23,24)19-26-17(27-34-19)14-1-3-15(4-2-14)18(31)25-9-16-12-33-8-7-29(16)20(32)28-6-5-13(10-28)11-30/h1-4,13,16,30H,5-12H2,(H,25,31)/t13?,16-/m0/s1. The number of halogens is 3. The first-order chi connectivity index (χ1) is 16.3. The van der Waals surface area contributed by atoms with E-state index in [1.807, 2.05) is 0 Å². The topological polar surface area (TPSA) is 121 Å². The highest BCUT2D eigenvalue weighted by molar-refractivity contribution is 5.94. The zero-order valence-corrected chi connectivity index (χ0v) is 18.1. The molecule has 2 N–H and O–H groups in total. The van der Waals surface area contributed by atoms with Crippen molar-refractivity contribution in [3.63, 3.8) is 0 Å². The van der Waals surface area contributed by atoms with Crippen LogP contribution in [0.2, 0.25) is 0 Å². The van der Waals surface area contributed by atoms with Crippen molar-refractivity contribution in [2.45, 2.75) is 18.6 Å². The lowest BCUT2D eigenvalue weighted by Crippen LogP contribution is -2.56. The average Bonchev–Trinajstić information content (AvgIpc) is 3.52. The lowest BCUT2D eigenvalue weighted by Gasteiger charge is -2.38. The number of amides is 3. The molecular formula is C21H24F3N5O5. The third-order valence-corrected chi connectivity index (χ3v) is 5.86. The summed E-state index contributed by atoms with van der Waals surface area (Å²) < 4.78 is 47.6. The number of carbonyl (C=O) groups is 2. The molecule has 0 saturated carbocycles. The Balaban J connectivity index is 1.35. The number of aliphatic hydroxyl groups is 1. The maximum Gasteiger partial charge on any atom is 0.471 e. The predicted molar refractivity (Wildman–Crippen MR) is 111 cm³/mol. The van der Waals surface area contributed by atoms with Crippen LogP contribution in [-0.4, -0.2) is 89.0 Å². The number of rotatable bonds is 5. The summed E-state index contributed by atoms with van der Waals surface area (Å²) in [6.45, 7) is 2.38. The fourth-order valence-electron chi connectivity index (χ4n) is 3.95. The molecule has 2 atom stereocenters. The van der Waals surface area contributed by atoms with Crippen molar-refractivity contribution in [2.24, 2.45) is 5.92 Å². The molecule has 2 fully saturated rings. The van der Waals surface area contributed by atoms with E-state index in [9.17, 15) is 27.9 Å². The Hall–Kier alpha value is -3.19. The molecule has 2 aliphatic rings. The Morgan fingerprint density at radius 3 is 2.62 bits per heavy atom. The molecule has 10 nitrogen and oxygen atoms in total. The fourth-order valence-corrected chi connectivity index (χ4v) is 3.95. The first kappa shape index (κ1) is 24.0. The van der Waals surface area contributed by atoms with Gasteiger partial charge in [-0.1, -0.05) is 17.3 Å². The number of morpholine rings is 1. The van der Waals surface area contributed by atoms with E-state index in [-0.39, 0.29) is 54.7 Å². The third kappa shape index (κ3) is 5.30. The van der Waals surface area contributed by atoms with Crippen LogP contribution in [0.3, 0.4) is 0 Å². The van der Waals surface area contributed by atoms with Gasteiger partial charge in [-0.3, -0.25) is 4.79 Å². The molecule has 2 aromatic rings. The van der Waals surface area contributed by atoms with Crippen molar-refractivity contribution >= 4 is 11.9 Å². The van der Waals surface area contributed by atoms with E-state index in [1.165, 1.54) is 24.3 Å². The maximum atomic E-state index is 12.9. The van der Waals surface area contributed by atoms with Crippen LogP contribution < -0.4 is 5.32 Å². The largest absolute Gasteiger partial charge is 0.471 e. The maximum absolute atomic E-state index is 12.9. The minimum Gasteiger partial charge on any atom is -0.396 e. The van der Waals surface area contributed by atoms with Crippen LogP contribution in [0, 0.1) is 5.92 Å². The third-order valence-electron chi connectivity index (χ3n) is 5.86. The lowest BCUT2D eigenvalue weighted by atomic mass is 10.1. The summed E-state index contributed by atoms with van der Waals surface area (Å²) >= 11 is 0. The van der Waals surface area contributed by atoms with Crippen molar-refractivity contribution in [3.8, 4) is 11.4 Å². The molecule has 13 heteroatoms. The molecule has 0 bridgehead atoms. The van der Waals surface area contributed by atoms with Crippen LogP contribution in [0.15, 0.2) is 28.8 Å². The molecule has 2 aliphatic heterocycles. The van der Waals surface area contributed by atoms with Crippen molar-refractivity contribution in [1.29, 1.82) is 0 Å². The number of alkyl halides is 3. The number of urea groups is 1. The van der Waals surface area contributed by atoms with Crippen LogP contribution in [0.4, 0.5) is 18.0 Å². The second-order valence-electron chi connectivity index (χ2n) is 8.20. The monoisotopic (exact) mass is 483 g/mol. The average molecular weight is 483 g/mol. The quantitative estimate of drug-likeness (QED) is 0.663. The van der Waals surface area contributed by atoms with Gasteiger partial charge in [-0.25, -0.2) is 4.79 Å². The highest BCUT2D eigenvalue weighted by Crippen LogP contribution is 2.29. The molecule has 2 saturated heterocycles. The summed E-state index contributed by atoms with van der Waals surface area (Å²) in [5, 5.41) is 15.4. The van der Waals surface area contributed by atoms with Gasteiger partial charge < -0.3 is 29.5 Å². The van der Waals surface area contributed by atoms with Gasteiger partial charge in [-0.05, 0) is 18.6 Å². The molecule has 3 heterocycles. The van der Waals surface area contributed by atoms with Crippen LogP contribution in [0.5, 0.6) is 0 Å². The number of likely N-dealkylation sites (tertiary alicyclic amines) is 1. The van der Waals surface area contributed by atoms with Crippen LogP contribution in [0.25, 0.3) is 11.4 Å². The molecule has 1 aromatic heterocycles.